The lowest BCUT2D eigenvalue weighted by atomic mass is 10.1. The largest absolute Gasteiger partial charge is 0.368 e. The quantitative estimate of drug-likeness (QED) is 0.595. The van der Waals surface area contributed by atoms with Gasteiger partial charge in [0, 0.05) is 37.3 Å². The van der Waals surface area contributed by atoms with Gasteiger partial charge in [-0.1, -0.05) is 48.5 Å². The van der Waals surface area contributed by atoms with E-state index in [2.05, 4.69) is 36.9 Å². The predicted molar refractivity (Wildman–Crippen MR) is 131 cm³/mol. The van der Waals surface area contributed by atoms with Crippen LogP contribution in [0.3, 0.4) is 0 Å². The molecule has 0 radical (unpaired) electrons. The van der Waals surface area contributed by atoms with Crippen LogP contribution in [0.5, 0.6) is 0 Å². The predicted octanol–water partition coefficient (Wildman–Crippen LogP) is 3.57. The molecule has 6 nitrogen and oxygen atoms in total. The van der Waals surface area contributed by atoms with Crippen molar-refractivity contribution in [3.8, 4) is 0 Å². The molecule has 1 aliphatic rings. The number of fused-ring (bicyclic) bond motifs is 1. The third kappa shape index (κ3) is 4.43. The zero-order chi connectivity index (χ0) is 22.9. The summed E-state index contributed by atoms with van der Waals surface area (Å²) in [6, 6.07) is 19.4. The first-order chi connectivity index (χ1) is 15.3. The maximum absolute atomic E-state index is 13.1. The minimum absolute atomic E-state index is 0.177. The maximum Gasteiger partial charge on any atom is 0.243 e. The van der Waals surface area contributed by atoms with Crippen molar-refractivity contribution in [1.29, 1.82) is 0 Å². The van der Waals surface area contributed by atoms with Gasteiger partial charge in [-0.25, -0.2) is 8.42 Å². The van der Waals surface area contributed by atoms with Gasteiger partial charge in [-0.3, -0.25) is 9.10 Å². The van der Waals surface area contributed by atoms with Gasteiger partial charge in [0.15, 0.2) is 0 Å². The van der Waals surface area contributed by atoms with Crippen molar-refractivity contribution < 1.29 is 13.2 Å². The molecule has 0 saturated carbocycles. The van der Waals surface area contributed by atoms with Crippen LogP contribution in [0, 0.1) is 13.8 Å². The topological polar surface area (TPSA) is 60.9 Å². The van der Waals surface area contributed by atoms with Crippen molar-refractivity contribution in [2.75, 3.05) is 48.2 Å². The van der Waals surface area contributed by atoms with E-state index in [1.165, 1.54) is 21.1 Å². The average Bonchev–Trinajstić information content (AvgIpc) is 2.78. The summed E-state index contributed by atoms with van der Waals surface area (Å²) in [6.07, 6.45) is 1.15. The number of amides is 1. The van der Waals surface area contributed by atoms with Gasteiger partial charge in [-0.2, -0.15) is 0 Å². The number of nitrogens with zero attached hydrogens (tertiary/aromatic N) is 3. The molecule has 0 aromatic heterocycles. The van der Waals surface area contributed by atoms with E-state index in [0.29, 0.717) is 18.8 Å². The summed E-state index contributed by atoms with van der Waals surface area (Å²) in [5.41, 5.74) is 4.24. The molecule has 32 heavy (non-hydrogen) atoms. The molecule has 1 fully saturated rings. The third-order valence-corrected chi connectivity index (χ3v) is 7.39. The molecule has 1 saturated heterocycles. The van der Waals surface area contributed by atoms with E-state index in [1.807, 2.05) is 36.4 Å². The molecule has 1 amide bonds. The Hall–Kier alpha value is -3.06. The van der Waals surface area contributed by atoms with Gasteiger partial charge < -0.3 is 9.80 Å². The summed E-state index contributed by atoms with van der Waals surface area (Å²) < 4.78 is 26.5. The number of hydrogen-bond acceptors (Lipinski definition) is 4. The van der Waals surface area contributed by atoms with Crippen LogP contribution in [0.1, 0.15) is 11.1 Å². The van der Waals surface area contributed by atoms with Gasteiger partial charge in [0.05, 0.1) is 11.9 Å². The Balaban J connectivity index is 1.51. The van der Waals surface area contributed by atoms with Crippen LogP contribution in [0.15, 0.2) is 60.7 Å². The summed E-state index contributed by atoms with van der Waals surface area (Å²) in [6.45, 7) is 6.61. The second-order valence-electron chi connectivity index (χ2n) is 8.35. The van der Waals surface area contributed by atoms with E-state index in [1.54, 1.807) is 11.0 Å². The van der Waals surface area contributed by atoms with Crippen molar-refractivity contribution in [3.05, 3.63) is 71.8 Å². The molecule has 0 bridgehead atoms. The number of piperazine rings is 1. The Kier molecular flexibility index (Phi) is 6.11. The minimum atomic E-state index is -3.63. The molecule has 1 aliphatic heterocycles. The fraction of sp³-hybridized carbons (Fsp3) is 0.320. The molecule has 0 aliphatic carbocycles. The number of benzene rings is 3. The maximum atomic E-state index is 13.1. The Morgan fingerprint density at radius 2 is 1.56 bits per heavy atom. The Morgan fingerprint density at radius 1 is 0.906 bits per heavy atom. The molecule has 0 atom stereocenters. The number of rotatable bonds is 5. The second-order valence-corrected chi connectivity index (χ2v) is 10.3. The van der Waals surface area contributed by atoms with E-state index in [4.69, 9.17) is 0 Å². The highest BCUT2D eigenvalue weighted by Gasteiger charge is 2.28. The summed E-state index contributed by atoms with van der Waals surface area (Å²) in [7, 11) is -3.63. The summed E-state index contributed by atoms with van der Waals surface area (Å²) >= 11 is 0. The lowest BCUT2D eigenvalue weighted by Gasteiger charge is -2.38. The first-order valence-corrected chi connectivity index (χ1v) is 12.6. The zero-order valence-corrected chi connectivity index (χ0v) is 19.6. The Morgan fingerprint density at radius 3 is 2.28 bits per heavy atom. The first kappa shape index (κ1) is 22.1. The summed E-state index contributed by atoms with van der Waals surface area (Å²) in [4.78, 5) is 17.2. The van der Waals surface area contributed by atoms with Crippen LogP contribution in [-0.4, -0.2) is 58.2 Å². The van der Waals surface area contributed by atoms with Crippen LogP contribution in [0.2, 0.25) is 0 Å². The standard InChI is InChI=1S/C25H29N3O3S/c1-19-8-6-12-23(20(19)2)26-14-16-27(17-15-26)25(29)18-28(32(3,30)31)24-13-7-10-21-9-4-5-11-22(21)24/h4-13H,14-18H2,1-3H3. The van der Waals surface area contributed by atoms with Gasteiger partial charge in [0.25, 0.3) is 0 Å². The smallest absolute Gasteiger partial charge is 0.243 e. The van der Waals surface area contributed by atoms with E-state index in [-0.39, 0.29) is 12.5 Å². The normalized spacial score (nSPS) is 14.6. The van der Waals surface area contributed by atoms with Gasteiger partial charge in [-0.15, -0.1) is 0 Å². The lowest BCUT2D eigenvalue weighted by molar-refractivity contribution is -0.129. The van der Waals surface area contributed by atoms with Gasteiger partial charge in [0.2, 0.25) is 15.9 Å². The number of carbonyl (C=O) groups excluding carboxylic acids is 1. The van der Waals surface area contributed by atoms with Crippen molar-refractivity contribution in [1.82, 2.24) is 4.90 Å². The van der Waals surface area contributed by atoms with Gasteiger partial charge in [0.1, 0.15) is 6.54 Å². The minimum Gasteiger partial charge on any atom is -0.368 e. The molecular weight excluding hydrogens is 422 g/mol. The highest BCUT2D eigenvalue weighted by atomic mass is 32.2. The van der Waals surface area contributed by atoms with Crippen LogP contribution in [0.25, 0.3) is 10.8 Å². The molecule has 0 N–H and O–H groups in total. The zero-order valence-electron chi connectivity index (χ0n) is 18.8. The second kappa shape index (κ2) is 8.82. The van der Waals surface area contributed by atoms with Crippen LogP contribution in [-0.2, 0) is 14.8 Å². The summed E-state index contributed by atoms with van der Waals surface area (Å²) in [5, 5.41) is 1.75. The molecular formula is C25H29N3O3S. The molecule has 4 rings (SSSR count). The van der Waals surface area contributed by atoms with Crippen LogP contribution < -0.4 is 9.21 Å². The van der Waals surface area contributed by atoms with Crippen molar-refractivity contribution in [3.63, 3.8) is 0 Å². The van der Waals surface area contributed by atoms with E-state index in [9.17, 15) is 13.2 Å². The van der Waals surface area contributed by atoms with Crippen LogP contribution >= 0.6 is 0 Å². The highest BCUT2D eigenvalue weighted by molar-refractivity contribution is 7.92. The molecule has 3 aromatic carbocycles. The molecule has 0 unspecified atom stereocenters. The number of anilines is 2. The first-order valence-electron chi connectivity index (χ1n) is 10.8. The third-order valence-electron chi connectivity index (χ3n) is 6.26. The van der Waals surface area contributed by atoms with Crippen LogP contribution in [0.4, 0.5) is 11.4 Å². The molecule has 7 heteroatoms. The number of sulfonamides is 1. The van der Waals surface area contributed by atoms with Crippen molar-refractivity contribution in [2.24, 2.45) is 0 Å². The van der Waals surface area contributed by atoms with Crippen molar-refractivity contribution >= 4 is 38.1 Å². The highest BCUT2D eigenvalue weighted by Crippen LogP contribution is 2.29. The monoisotopic (exact) mass is 451 g/mol. The lowest BCUT2D eigenvalue weighted by Crippen LogP contribution is -2.52. The van der Waals surface area contributed by atoms with Crippen molar-refractivity contribution in [2.45, 2.75) is 13.8 Å². The van der Waals surface area contributed by atoms with E-state index in [0.717, 1.165) is 30.1 Å². The molecule has 3 aromatic rings. The molecule has 1 heterocycles. The summed E-state index contributed by atoms with van der Waals surface area (Å²) in [5.74, 6) is -0.177. The fourth-order valence-corrected chi connectivity index (χ4v) is 5.17. The number of carbonyl (C=O) groups is 1. The average molecular weight is 452 g/mol. The fourth-order valence-electron chi connectivity index (χ4n) is 4.30. The molecule has 0 spiro atoms. The number of aryl methyl sites for hydroxylation is 1. The SMILES string of the molecule is Cc1cccc(N2CCN(C(=O)CN(c3cccc4ccccc34)S(C)(=O)=O)CC2)c1C. The molecule has 168 valence electrons. The Labute approximate surface area is 190 Å². The Bertz CT molecular complexity index is 1240. The van der Waals surface area contributed by atoms with Gasteiger partial charge in [-0.05, 0) is 42.5 Å². The van der Waals surface area contributed by atoms with E-state index >= 15 is 0 Å². The number of hydrogen-bond donors (Lipinski definition) is 0. The van der Waals surface area contributed by atoms with E-state index < -0.39 is 10.0 Å². The van der Waals surface area contributed by atoms with Gasteiger partial charge >= 0.3 is 0 Å².